The maximum atomic E-state index is 10.8. The Kier molecular flexibility index (Phi) is 3.49. The van der Waals surface area contributed by atoms with E-state index in [1.54, 1.807) is 16.9 Å². The van der Waals surface area contributed by atoms with E-state index in [-0.39, 0.29) is 5.69 Å². The minimum atomic E-state index is -0.428. The van der Waals surface area contributed by atoms with Crippen molar-refractivity contribution in [2.45, 2.75) is 25.4 Å². The van der Waals surface area contributed by atoms with Gasteiger partial charge in [-0.15, -0.1) is 5.10 Å². The van der Waals surface area contributed by atoms with E-state index in [4.69, 9.17) is 0 Å². The number of nitrogens with zero attached hydrogens (tertiary/aromatic N) is 4. The van der Waals surface area contributed by atoms with Gasteiger partial charge in [0.05, 0.1) is 22.5 Å². The summed E-state index contributed by atoms with van der Waals surface area (Å²) in [5.41, 5.74) is 1.44. The molecule has 3 rings (SSSR count). The van der Waals surface area contributed by atoms with Gasteiger partial charge in [0.1, 0.15) is 0 Å². The summed E-state index contributed by atoms with van der Waals surface area (Å²) in [7, 11) is 0. The van der Waals surface area contributed by atoms with E-state index in [9.17, 15) is 10.1 Å². The lowest BCUT2D eigenvalue weighted by atomic mass is 10.3. The Bertz CT molecular complexity index is 653. The number of non-ortho nitro benzene ring substituents is 1. The second kappa shape index (κ2) is 5.29. The molecule has 7 nitrogen and oxygen atoms in total. The molecule has 1 N–H and O–H groups in total. The van der Waals surface area contributed by atoms with Crippen LogP contribution in [0.25, 0.3) is 5.69 Å². The maximum Gasteiger partial charge on any atom is 0.271 e. The van der Waals surface area contributed by atoms with E-state index in [1.807, 2.05) is 0 Å². The molecule has 0 unspecified atom stereocenters. The highest BCUT2D eigenvalue weighted by atomic mass is 79.9. The molecule has 8 heteroatoms. The van der Waals surface area contributed by atoms with Crippen molar-refractivity contribution in [2.75, 3.05) is 0 Å². The van der Waals surface area contributed by atoms with Crippen molar-refractivity contribution in [3.05, 3.63) is 44.7 Å². The first-order valence-corrected chi connectivity index (χ1v) is 7.02. The molecule has 0 atom stereocenters. The lowest BCUT2D eigenvalue weighted by molar-refractivity contribution is -0.384. The number of benzene rings is 1. The predicted octanol–water partition coefficient (Wildman–Crippen LogP) is 2.19. The summed E-state index contributed by atoms with van der Waals surface area (Å²) in [6, 6.07) is 5.15. The molecule has 0 bridgehead atoms. The summed E-state index contributed by atoms with van der Waals surface area (Å²) in [5.74, 6) is 0. The first kappa shape index (κ1) is 13.2. The summed E-state index contributed by atoms with van der Waals surface area (Å²) in [6.07, 6.45) is 4.20. The molecule has 1 aromatic heterocycles. The highest BCUT2D eigenvalue weighted by molar-refractivity contribution is 9.10. The van der Waals surface area contributed by atoms with Crippen LogP contribution in [0, 0.1) is 10.1 Å². The fraction of sp³-hybridized carbons (Fsp3) is 0.333. The van der Waals surface area contributed by atoms with Gasteiger partial charge in [0, 0.05) is 29.2 Å². The Morgan fingerprint density at radius 1 is 1.50 bits per heavy atom. The van der Waals surface area contributed by atoms with Crippen LogP contribution in [0.3, 0.4) is 0 Å². The molecule has 0 aliphatic heterocycles. The molecule has 20 heavy (non-hydrogen) atoms. The fourth-order valence-electron chi connectivity index (χ4n) is 1.82. The largest absolute Gasteiger partial charge is 0.308 e. The van der Waals surface area contributed by atoms with Crippen molar-refractivity contribution in [1.29, 1.82) is 0 Å². The first-order chi connectivity index (χ1) is 9.63. The second-order valence-electron chi connectivity index (χ2n) is 4.70. The van der Waals surface area contributed by atoms with Gasteiger partial charge < -0.3 is 5.32 Å². The standard InChI is InChI=1S/C12H12BrN5O2/c13-11-4-3-10(18(19)20)5-12(11)17-7-9(15-16-17)6-14-8-1-2-8/h3-5,7-8,14H,1-2,6H2. The van der Waals surface area contributed by atoms with Crippen molar-refractivity contribution in [2.24, 2.45) is 0 Å². The molecule has 1 fully saturated rings. The van der Waals surface area contributed by atoms with Crippen LogP contribution in [0.4, 0.5) is 5.69 Å². The summed E-state index contributed by atoms with van der Waals surface area (Å²) in [5, 5.41) is 22.3. The third-order valence-electron chi connectivity index (χ3n) is 3.08. The van der Waals surface area contributed by atoms with Crippen molar-refractivity contribution in [3.8, 4) is 5.69 Å². The van der Waals surface area contributed by atoms with E-state index in [0.717, 1.165) is 10.2 Å². The average Bonchev–Trinajstić information content (AvgIpc) is 3.14. The number of nitrogens with one attached hydrogen (secondary N) is 1. The predicted molar refractivity (Wildman–Crippen MR) is 75.6 cm³/mol. The highest BCUT2D eigenvalue weighted by Crippen LogP contribution is 2.25. The summed E-state index contributed by atoms with van der Waals surface area (Å²) in [4.78, 5) is 10.4. The molecule has 1 aromatic carbocycles. The molecule has 1 aliphatic carbocycles. The summed E-state index contributed by atoms with van der Waals surface area (Å²) >= 11 is 3.37. The van der Waals surface area contributed by atoms with Crippen LogP contribution < -0.4 is 5.32 Å². The monoisotopic (exact) mass is 337 g/mol. The quantitative estimate of drug-likeness (QED) is 0.667. The number of hydrogen-bond donors (Lipinski definition) is 1. The van der Waals surface area contributed by atoms with Crippen LogP contribution in [0.15, 0.2) is 28.9 Å². The van der Waals surface area contributed by atoms with Gasteiger partial charge in [-0.05, 0) is 34.8 Å². The molecule has 1 saturated carbocycles. The number of halogens is 1. The Balaban J connectivity index is 1.83. The minimum absolute atomic E-state index is 0.0244. The van der Waals surface area contributed by atoms with Crippen LogP contribution in [0.5, 0.6) is 0 Å². The maximum absolute atomic E-state index is 10.8. The third kappa shape index (κ3) is 2.86. The molecular formula is C12H12BrN5O2. The first-order valence-electron chi connectivity index (χ1n) is 6.22. The van der Waals surface area contributed by atoms with Gasteiger partial charge in [0.25, 0.3) is 5.69 Å². The van der Waals surface area contributed by atoms with E-state index in [0.29, 0.717) is 18.3 Å². The van der Waals surface area contributed by atoms with Crippen LogP contribution in [-0.2, 0) is 6.54 Å². The molecule has 2 aromatic rings. The zero-order valence-corrected chi connectivity index (χ0v) is 12.1. The SMILES string of the molecule is O=[N+]([O-])c1ccc(Br)c(-n2cc(CNC3CC3)nn2)c1. The van der Waals surface area contributed by atoms with Crippen molar-refractivity contribution < 1.29 is 4.92 Å². The number of nitro groups is 1. The van der Waals surface area contributed by atoms with Crippen molar-refractivity contribution in [3.63, 3.8) is 0 Å². The van der Waals surface area contributed by atoms with Gasteiger partial charge >= 0.3 is 0 Å². The Morgan fingerprint density at radius 2 is 2.30 bits per heavy atom. The van der Waals surface area contributed by atoms with Crippen molar-refractivity contribution in [1.82, 2.24) is 20.3 Å². The second-order valence-corrected chi connectivity index (χ2v) is 5.56. The van der Waals surface area contributed by atoms with Gasteiger partial charge in [0.2, 0.25) is 0 Å². The van der Waals surface area contributed by atoms with Crippen LogP contribution >= 0.6 is 15.9 Å². The minimum Gasteiger partial charge on any atom is -0.308 e. The molecule has 0 amide bonds. The topological polar surface area (TPSA) is 85.9 Å². The zero-order valence-electron chi connectivity index (χ0n) is 10.5. The van der Waals surface area contributed by atoms with Gasteiger partial charge in [0.15, 0.2) is 0 Å². The third-order valence-corrected chi connectivity index (χ3v) is 3.75. The molecule has 1 aliphatic rings. The molecule has 0 spiro atoms. The number of aromatic nitrogens is 3. The van der Waals surface area contributed by atoms with Crippen LogP contribution in [-0.4, -0.2) is 26.0 Å². The lowest BCUT2D eigenvalue weighted by Crippen LogP contribution is -2.15. The molecule has 104 valence electrons. The van der Waals surface area contributed by atoms with E-state index < -0.39 is 4.92 Å². The van der Waals surface area contributed by atoms with Crippen LogP contribution in [0.2, 0.25) is 0 Å². The normalized spacial score (nSPS) is 14.4. The average molecular weight is 338 g/mol. The number of nitro benzene ring substituents is 1. The van der Waals surface area contributed by atoms with E-state index in [1.165, 1.54) is 25.0 Å². The summed E-state index contributed by atoms with van der Waals surface area (Å²) < 4.78 is 2.27. The zero-order chi connectivity index (χ0) is 14.1. The Morgan fingerprint density at radius 3 is 3.00 bits per heavy atom. The van der Waals surface area contributed by atoms with Gasteiger partial charge in [-0.1, -0.05) is 5.21 Å². The van der Waals surface area contributed by atoms with Gasteiger partial charge in [-0.2, -0.15) is 0 Å². The lowest BCUT2D eigenvalue weighted by Gasteiger charge is -2.03. The number of rotatable bonds is 5. The Labute approximate surface area is 123 Å². The van der Waals surface area contributed by atoms with Crippen molar-refractivity contribution >= 4 is 21.6 Å². The van der Waals surface area contributed by atoms with Gasteiger partial charge in [-0.3, -0.25) is 10.1 Å². The van der Waals surface area contributed by atoms with E-state index in [2.05, 4.69) is 31.6 Å². The van der Waals surface area contributed by atoms with E-state index >= 15 is 0 Å². The smallest absolute Gasteiger partial charge is 0.271 e. The van der Waals surface area contributed by atoms with Crippen LogP contribution in [0.1, 0.15) is 18.5 Å². The molecule has 1 heterocycles. The fourth-order valence-corrected chi connectivity index (χ4v) is 2.25. The number of hydrogen-bond acceptors (Lipinski definition) is 5. The molecule has 0 saturated heterocycles. The molecule has 0 radical (unpaired) electrons. The highest BCUT2D eigenvalue weighted by Gasteiger charge is 2.20. The Hall–Kier alpha value is -1.80. The van der Waals surface area contributed by atoms with Gasteiger partial charge in [-0.25, -0.2) is 4.68 Å². The summed E-state index contributed by atoms with van der Waals surface area (Å²) in [6.45, 7) is 0.664. The molecular weight excluding hydrogens is 326 g/mol.